The highest BCUT2D eigenvalue weighted by atomic mass is 127. The quantitative estimate of drug-likeness (QED) is 0.0999. The number of hydrogen-bond donors (Lipinski definition) is 0. The van der Waals surface area contributed by atoms with Gasteiger partial charge in [-0.1, -0.05) is 271 Å². The van der Waals surface area contributed by atoms with Crippen LogP contribution in [0.25, 0.3) is 42.4 Å². The summed E-state index contributed by atoms with van der Waals surface area (Å²) in [6, 6.07) is 91.5. The molecule has 2 aliphatic carbocycles. The molecule has 123 heavy (non-hydrogen) atoms. The molecule has 13 heteroatoms. The van der Waals surface area contributed by atoms with Crippen molar-refractivity contribution >= 4 is 224 Å². The summed E-state index contributed by atoms with van der Waals surface area (Å²) in [7, 11) is 0. The lowest BCUT2D eigenvalue weighted by atomic mass is 9.36. The fourth-order valence-electron chi connectivity index (χ4n) is 19.2. The molecule has 0 amide bonds. The number of anilines is 12. The Hall–Kier alpha value is -7.34. The average molecular weight is 2030 g/mol. The van der Waals surface area contributed by atoms with Crippen LogP contribution in [0.5, 0.6) is 0 Å². The maximum absolute atomic E-state index is 6.99. The molecule has 0 unspecified atom stereocenters. The maximum Gasteiger partial charge on any atom is 0.355 e. The number of nitrogens with zero attached hydrogens (tertiary/aromatic N) is 4. The molecule has 4 heterocycles. The highest BCUT2D eigenvalue weighted by Gasteiger charge is 2.48. The third-order valence-electron chi connectivity index (χ3n) is 26.5. The zero-order valence-corrected chi connectivity index (χ0v) is 85.3. The van der Waals surface area contributed by atoms with Gasteiger partial charge in [-0.15, -0.1) is 89.8 Å². The second-order valence-corrected chi connectivity index (χ2v) is 55.3. The first-order chi connectivity index (χ1) is 57.8. The summed E-state index contributed by atoms with van der Waals surface area (Å²) < 4.78 is 4.83. The first kappa shape index (κ1) is 89.1. The summed E-state index contributed by atoms with van der Waals surface area (Å²) in [6.07, 6.45) is 4.73. The summed E-state index contributed by atoms with van der Waals surface area (Å²) >= 11 is 24.5. The summed E-state index contributed by atoms with van der Waals surface area (Å²) in [5.41, 5.74) is 35.5. The lowest BCUT2D eigenvalue weighted by Gasteiger charge is -2.44. The van der Waals surface area contributed by atoms with Crippen LogP contribution in [-0.4, -0.2) is 6.99 Å². The SMILES string of the molecule is Cc1cc(N(c2ccc(C(C)(C)C)cc2)c2cccc(Cl)c2)cc(N(c2ccc(C(C)(C)C)cc2-c2ccccc2)c2csc3cc4c(cc23)C(C)(C)CCC4(C)C)c1.Cc1cc2c3c(c1)N(c1ccc(C(C)(C)C)cc1-c1ccccc1)c1c(sc4cc5c(cc14)C(C)(C)CCC5(C)C)B3c1ccc(Cl)cc1N2c1ccc(C(C)(C)C)cc1.IB(I)I. The van der Waals surface area contributed by atoms with Gasteiger partial charge in [0, 0.05) is 97.0 Å². The van der Waals surface area contributed by atoms with E-state index in [0.717, 1.165) is 45.1 Å². The van der Waals surface area contributed by atoms with Crippen molar-refractivity contribution in [3.05, 3.63) is 314 Å². The van der Waals surface area contributed by atoms with Gasteiger partial charge in [0.05, 0.1) is 22.7 Å². The van der Waals surface area contributed by atoms with E-state index in [2.05, 4.69) is 475 Å². The Kier molecular flexibility index (Phi) is 24.2. The van der Waals surface area contributed by atoms with Crippen molar-refractivity contribution in [2.45, 2.75) is 221 Å². The second kappa shape index (κ2) is 33.4. The van der Waals surface area contributed by atoms with Gasteiger partial charge in [-0.05, 0) is 294 Å². The first-order valence-electron chi connectivity index (χ1n) is 43.6. The summed E-state index contributed by atoms with van der Waals surface area (Å²) in [4.78, 5) is 10.0. The van der Waals surface area contributed by atoms with Crippen molar-refractivity contribution in [1.29, 1.82) is 0 Å². The maximum atomic E-state index is 6.99. The van der Waals surface area contributed by atoms with E-state index in [4.69, 9.17) is 23.2 Å². The molecular weight excluding hydrogens is 1910 g/mol. The van der Waals surface area contributed by atoms with Gasteiger partial charge < -0.3 is 19.6 Å². The largest absolute Gasteiger partial charge is 0.355 e. The predicted octanol–water partition coefficient (Wildman–Crippen LogP) is 34.2. The van der Waals surface area contributed by atoms with E-state index in [0.29, 0.717) is 5.02 Å². The van der Waals surface area contributed by atoms with Crippen LogP contribution in [0.1, 0.15) is 220 Å². The molecule has 2 aliphatic heterocycles. The van der Waals surface area contributed by atoms with E-state index >= 15 is 0 Å². The fourth-order valence-corrected chi connectivity index (χ4v) is 21.8. The number of rotatable bonds is 10. The van der Waals surface area contributed by atoms with Crippen LogP contribution >= 0.6 is 113 Å². The van der Waals surface area contributed by atoms with Gasteiger partial charge in [-0.2, -0.15) is 0 Å². The highest BCUT2D eigenvalue weighted by molar-refractivity contribution is 14.4. The number of benzene rings is 12. The minimum atomic E-state index is -0.0179. The van der Waals surface area contributed by atoms with Gasteiger partial charge in [0.1, 0.15) is 0 Å². The normalized spacial score (nSPS) is 15.4. The summed E-state index contributed by atoms with van der Waals surface area (Å²) in [5.74, 6) is 0. The summed E-state index contributed by atoms with van der Waals surface area (Å²) in [6.45, 7) is 51.6. The molecule has 0 saturated carbocycles. The number of hydrogen-bond acceptors (Lipinski definition) is 6. The molecule has 14 aromatic rings. The van der Waals surface area contributed by atoms with Crippen molar-refractivity contribution in [1.82, 2.24) is 0 Å². The Bertz CT molecular complexity index is 6370. The molecule has 4 nitrogen and oxygen atoms in total. The Morgan fingerprint density at radius 1 is 0.382 bits per heavy atom. The molecule has 0 spiro atoms. The standard InChI is InChI=1S/C55H56BClN2S.C55H59ClN2S.BI3/c1-33-27-46-49-47(28-33)59(44-24-19-36(53(5,6)7)29-39(44)34-15-13-12-14-16-34)50-40-31-41-42(55(10,11)26-25-54(41,8)9)32-48(40)60-51(50)56(49)43-23-20-37(57)30-45(43)58(46)38-21-17-35(18-22-38)52(2,3)4;1-36-28-43(57(42-19-15-18-40(56)31-42)41-23-20-38(21-24-41)52(2,3)4)32-44(29-36)58(49-25-22-39(53(5,6)7)30-45(49)37-16-13-12-14-17-37)50-35-59-51-34-48-47(33-46(50)51)54(8,9)26-27-55(48,10)11;2-1(3)4/h12-24,27-32H,25-26H2,1-11H3;12-25,28-35H,26-27H2,1-11H3;. The summed E-state index contributed by atoms with van der Waals surface area (Å²) in [5, 5.41) is 6.50. The van der Waals surface area contributed by atoms with Gasteiger partial charge >= 0.3 is 0.282 Å². The second-order valence-electron chi connectivity index (χ2n) is 41.5. The lowest BCUT2D eigenvalue weighted by molar-refractivity contribution is 0.332. The minimum absolute atomic E-state index is 0.0106. The molecule has 628 valence electrons. The molecular formula is C110H115B2Cl2I3N4S2. The van der Waals surface area contributed by atoms with Gasteiger partial charge in [0.25, 0.3) is 6.71 Å². The highest BCUT2D eigenvalue weighted by Crippen LogP contribution is 2.57. The zero-order chi connectivity index (χ0) is 87.9. The molecule has 0 fully saturated rings. The smallest absolute Gasteiger partial charge is 0.311 e. The van der Waals surface area contributed by atoms with E-state index in [1.165, 1.54) is 168 Å². The molecule has 4 aliphatic rings. The Labute approximate surface area is 792 Å². The van der Waals surface area contributed by atoms with Gasteiger partial charge in [0.2, 0.25) is 0 Å². The van der Waals surface area contributed by atoms with E-state index < -0.39 is 0 Å². The van der Waals surface area contributed by atoms with Crippen LogP contribution < -0.4 is 35.3 Å². The molecule has 0 bridgehead atoms. The lowest BCUT2D eigenvalue weighted by Crippen LogP contribution is -2.60. The van der Waals surface area contributed by atoms with Crippen molar-refractivity contribution in [3.63, 3.8) is 0 Å². The van der Waals surface area contributed by atoms with E-state index in [-0.39, 0.29) is 50.0 Å². The van der Waals surface area contributed by atoms with E-state index in [1.54, 1.807) is 0 Å². The first-order valence-corrected chi connectivity index (χ1v) is 49.8. The van der Waals surface area contributed by atoms with E-state index in [9.17, 15) is 0 Å². The Morgan fingerprint density at radius 2 is 0.846 bits per heavy atom. The number of thiophene rings is 2. The Balaban J connectivity index is 0.000000175. The molecule has 0 saturated heterocycles. The average Bonchev–Trinajstić information content (AvgIpc) is 1.57. The number of fused-ring (bicyclic) bond motifs is 9. The van der Waals surface area contributed by atoms with E-state index in [1.807, 2.05) is 34.8 Å². The van der Waals surface area contributed by atoms with Crippen LogP contribution in [0.4, 0.5) is 68.2 Å². The molecule has 0 atom stereocenters. The molecule has 0 N–H and O–H groups in total. The predicted molar refractivity (Wildman–Crippen MR) is 571 cm³/mol. The van der Waals surface area contributed by atoms with Crippen molar-refractivity contribution in [2.24, 2.45) is 0 Å². The molecule has 12 aromatic carbocycles. The molecule has 2 aromatic heterocycles. The van der Waals surface area contributed by atoms with Crippen molar-refractivity contribution in [2.75, 3.05) is 19.6 Å². The Morgan fingerprint density at radius 3 is 1.39 bits per heavy atom. The number of halogens is 5. The minimum Gasteiger partial charge on any atom is -0.311 e. The topological polar surface area (TPSA) is 13.0 Å². The van der Waals surface area contributed by atoms with Gasteiger partial charge in [-0.25, -0.2) is 0 Å². The monoisotopic (exact) mass is 2030 g/mol. The zero-order valence-electron chi connectivity index (χ0n) is 75.6. The van der Waals surface area contributed by atoms with Gasteiger partial charge in [0.15, 0.2) is 0 Å². The fraction of sp³-hybridized carbons (Fsp3) is 0.309. The van der Waals surface area contributed by atoms with Crippen LogP contribution in [-0.2, 0) is 43.3 Å². The molecule has 18 rings (SSSR count). The third kappa shape index (κ3) is 17.5. The van der Waals surface area contributed by atoms with Crippen LogP contribution in [0.15, 0.2) is 248 Å². The van der Waals surface area contributed by atoms with Crippen LogP contribution in [0.3, 0.4) is 0 Å². The molecule has 0 radical (unpaired) electrons. The van der Waals surface area contributed by atoms with Crippen LogP contribution in [0, 0.1) is 13.8 Å². The van der Waals surface area contributed by atoms with Gasteiger partial charge in [-0.3, -0.25) is 0 Å². The van der Waals surface area contributed by atoms with Crippen molar-refractivity contribution < 1.29 is 0 Å². The van der Waals surface area contributed by atoms with Crippen molar-refractivity contribution in [3.8, 4) is 22.3 Å². The third-order valence-corrected chi connectivity index (χ3v) is 29.1. The number of aryl methyl sites for hydroxylation is 2. The van der Waals surface area contributed by atoms with Crippen LogP contribution in [0.2, 0.25) is 10.0 Å².